The summed E-state index contributed by atoms with van der Waals surface area (Å²) in [7, 11) is -3.50. The van der Waals surface area contributed by atoms with Gasteiger partial charge in [-0.1, -0.05) is 11.8 Å². The maximum atomic E-state index is 13.4. The number of benzene rings is 1. The van der Waals surface area contributed by atoms with E-state index in [9.17, 15) is 12.8 Å². The summed E-state index contributed by atoms with van der Waals surface area (Å²) in [5.41, 5.74) is 0.239. The van der Waals surface area contributed by atoms with Crippen LogP contribution >= 0.6 is 0 Å². The van der Waals surface area contributed by atoms with Crippen LogP contribution in [-0.4, -0.2) is 26.4 Å². The van der Waals surface area contributed by atoms with Crippen LogP contribution in [0.4, 0.5) is 10.1 Å². The predicted molar refractivity (Wildman–Crippen MR) is 58.8 cm³/mol. The molecule has 0 bridgehead atoms. The van der Waals surface area contributed by atoms with E-state index >= 15 is 0 Å². The van der Waals surface area contributed by atoms with Crippen LogP contribution in [0.1, 0.15) is 5.56 Å². The van der Waals surface area contributed by atoms with Crippen molar-refractivity contribution in [1.82, 2.24) is 0 Å². The first kappa shape index (κ1) is 12.5. The molecule has 0 fully saturated rings. The van der Waals surface area contributed by atoms with Gasteiger partial charge in [0, 0.05) is 5.56 Å². The molecular weight excluding hydrogens is 233 g/mol. The Kier molecular flexibility index (Phi) is 3.88. The highest BCUT2D eigenvalue weighted by atomic mass is 32.2. The van der Waals surface area contributed by atoms with Crippen LogP contribution in [-0.2, 0) is 10.0 Å². The van der Waals surface area contributed by atoms with E-state index in [2.05, 4.69) is 11.8 Å². The molecule has 0 aliphatic carbocycles. The molecule has 16 heavy (non-hydrogen) atoms. The highest BCUT2D eigenvalue weighted by Gasteiger charge is 2.07. The Balaban J connectivity index is 3.01. The third kappa shape index (κ3) is 3.88. The topological polar surface area (TPSA) is 66.4 Å². The number of sulfonamides is 1. The van der Waals surface area contributed by atoms with E-state index in [4.69, 9.17) is 5.11 Å². The fourth-order valence-corrected chi connectivity index (χ4v) is 1.58. The number of rotatable bonds is 2. The Morgan fingerprint density at radius 3 is 2.69 bits per heavy atom. The Morgan fingerprint density at radius 2 is 2.19 bits per heavy atom. The summed E-state index contributed by atoms with van der Waals surface area (Å²) < 4.78 is 37.1. The van der Waals surface area contributed by atoms with Crippen LogP contribution in [0.2, 0.25) is 0 Å². The lowest BCUT2D eigenvalue weighted by molar-refractivity contribution is 0.350. The number of nitrogens with one attached hydrogen (secondary N) is 1. The molecule has 0 aromatic heterocycles. The van der Waals surface area contributed by atoms with E-state index < -0.39 is 15.8 Å². The third-order valence-corrected chi connectivity index (χ3v) is 2.17. The van der Waals surface area contributed by atoms with Crippen molar-refractivity contribution in [3.63, 3.8) is 0 Å². The third-order valence-electron chi connectivity index (χ3n) is 1.58. The maximum absolute atomic E-state index is 13.4. The first-order valence-corrected chi connectivity index (χ1v) is 6.18. The molecule has 0 saturated carbocycles. The number of aliphatic hydroxyl groups excluding tert-OH is 1. The van der Waals surface area contributed by atoms with Gasteiger partial charge in [0.15, 0.2) is 0 Å². The number of hydrogen-bond donors (Lipinski definition) is 2. The lowest BCUT2D eigenvalue weighted by Crippen LogP contribution is -2.10. The van der Waals surface area contributed by atoms with Gasteiger partial charge in [0.2, 0.25) is 10.0 Å². The molecule has 0 saturated heterocycles. The first-order valence-electron chi connectivity index (χ1n) is 4.29. The molecule has 4 nitrogen and oxygen atoms in total. The van der Waals surface area contributed by atoms with Gasteiger partial charge in [-0.3, -0.25) is 4.72 Å². The lowest BCUT2D eigenvalue weighted by Gasteiger charge is -2.04. The molecule has 0 radical (unpaired) electrons. The monoisotopic (exact) mass is 243 g/mol. The van der Waals surface area contributed by atoms with E-state index in [1.54, 1.807) is 0 Å². The Bertz CT molecular complexity index is 543. The minimum atomic E-state index is -3.50. The molecule has 6 heteroatoms. The molecule has 1 rings (SSSR count). The van der Waals surface area contributed by atoms with E-state index in [0.29, 0.717) is 5.56 Å². The number of aliphatic hydroxyl groups is 1. The highest BCUT2D eigenvalue weighted by molar-refractivity contribution is 7.92. The molecule has 1 aromatic carbocycles. The molecule has 1 aromatic rings. The van der Waals surface area contributed by atoms with Crippen molar-refractivity contribution in [2.45, 2.75) is 0 Å². The molecule has 0 unspecified atom stereocenters. The average molecular weight is 243 g/mol. The summed E-state index contributed by atoms with van der Waals surface area (Å²) in [6.45, 7) is -0.315. The lowest BCUT2D eigenvalue weighted by atomic mass is 10.2. The smallest absolute Gasteiger partial charge is 0.229 e. The average Bonchev–Trinajstić information content (AvgIpc) is 2.17. The van der Waals surface area contributed by atoms with Crippen molar-refractivity contribution in [1.29, 1.82) is 0 Å². The van der Waals surface area contributed by atoms with Crippen LogP contribution < -0.4 is 4.72 Å². The number of halogens is 1. The van der Waals surface area contributed by atoms with Crippen LogP contribution in [0, 0.1) is 17.7 Å². The maximum Gasteiger partial charge on any atom is 0.229 e. The molecule has 0 aliphatic heterocycles. The summed E-state index contributed by atoms with van der Waals surface area (Å²) in [5, 5.41) is 8.45. The zero-order chi connectivity index (χ0) is 12.2. The number of hydrogen-bond acceptors (Lipinski definition) is 3. The zero-order valence-electron chi connectivity index (χ0n) is 8.49. The van der Waals surface area contributed by atoms with Gasteiger partial charge in [-0.15, -0.1) is 0 Å². The van der Waals surface area contributed by atoms with E-state index in [1.807, 2.05) is 4.72 Å². The molecule has 0 amide bonds. The quantitative estimate of drug-likeness (QED) is 0.745. The van der Waals surface area contributed by atoms with Crippen molar-refractivity contribution in [2.24, 2.45) is 0 Å². The number of anilines is 1. The molecular formula is C10H10FNO3S. The molecule has 0 atom stereocenters. The summed E-state index contributed by atoms with van der Waals surface area (Å²) in [4.78, 5) is 0. The van der Waals surface area contributed by atoms with Gasteiger partial charge in [-0.2, -0.15) is 0 Å². The highest BCUT2D eigenvalue weighted by Crippen LogP contribution is 2.16. The van der Waals surface area contributed by atoms with E-state index in [1.165, 1.54) is 12.1 Å². The van der Waals surface area contributed by atoms with Gasteiger partial charge in [0.1, 0.15) is 12.4 Å². The zero-order valence-corrected chi connectivity index (χ0v) is 9.31. The standard InChI is InChI=1S/C10H10FNO3S/c1-16(14,15)12-10-5-4-8(3-2-6-13)7-9(10)11/h4-5,7,12-13H,6H2,1H3. The van der Waals surface area contributed by atoms with Crippen molar-refractivity contribution >= 4 is 15.7 Å². The second-order valence-corrected chi connectivity index (χ2v) is 4.78. The van der Waals surface area contributed by atoms with Crippen LogP contribution in [0.25, 0.3) is 0 Å². The molecule has 86 valence electrons. The van der Waals surface area contributed by atoms with Gasteiger partial charge < -0.3 is 5.11 Å². The minimum Gasteiger partial charge on any atom is -0.384 e. The molecule has 0 heterocycles. The first-order chi connectivity index (χ1) is 7.42. The van der Waals surface area contributed by atoms with Gasteiger partial charge in [0.05, 0.1) is 11.9 Å². The van der Waals surface area contributed by atoms with Crippen molar-refractivity contribution in [2.75, 3.05) is 17.6 Å². The van der Waals surface area contributed by atoms with Gasteiger partial charge >= 0.3 is 0 Å². The normalized spacial score (nSPS) is 10.4. The SMILES string of the molecule is CS(=O)(=O)Nc1ccc(C#CCO)cc1F. The summed E-state index contributed by atoms with van der Waals surface area (Å²) in [6, 6.07) is 3.83. The second kappa shape index (κ2) is 4.96. The molecule has 0 spiro atoms. The van der Waals surface area contributed by atoms with Gasteiger partial charge in [-0.25, -0.2) is 12.8 Å². The summed E-state index contributed by atoms with van der Waals surface area (Å²) >= 11 is 0. The van der Waals surface area contributed by atoms with E-state index in [-0.39, 0.29) is 12.3 Å². The van der Waals surface area contributed by atoms with Crippen molar-refractivity contribution in [3.8, 4) is 11.8 Å². The van der Waals surface area contributed by atoms with Crippen molar-refractivity contribution in [3.05, 3.63) is 29.6 Å². The van der Waals surface area contributed by atoms with Gasteiger partial charge in [-0.05, 0) is 18.2 Å². The largest absolute Gasteiger partial charge is 0.384 e. The van der Waals surface area contributed by atoms with Crippen LogP contribution in [0.5, 0.6) is 0 Å². The Labute approximate surface area is 93.2 Å². The fourth-order valence-electron chi connectivity index (χ4n) is 1.02. The summed E-state index contributed by atoms with van der Waals surface area (Å²) in [6.07, 6.45) is 0.936. The second-order valence-electron chi connectivity index (χ2n) is 3.03. The van der Waals surface area contributed by atoms with Crippen LogP contribution in [0.15, 0.2) is 18.2 Å². The predicted octanol–water partition coefficient (Wildman–Crippen LogP) is 0.541. The molecule has 2 N–H and O–H groups in total. The summed E-state index contributed by atoms with van der Waals surface area (Å²) in [5.74, 6) is 4.15. The fraction of sp³-hybridized carbons (Fsp3) is 0.200. The Hall–Kier alpha value is -1.58. The minimum absolute atomic E-state index is 0.128. The van der Waals surface area contributed by atoms with Gasteiger partial charge in [0.25, 0.3) is 0 Å². The van der Waals surface area contributed by atoms with E-state index in [0.717, 1.165) is 12.3 Å². The van der Waals surface area contributed by atoms with Crippen LogP contribution in [0.3, 0.4) is 0 Å². The Morgan fingerprint density at radius 1 is 1.50 bits per heavy atom. The van der Waals surface area contributed by atoms with Crippen molar-refractivity contribution < 1.29 is 17.9 Å². The molecule has 0 aliphatic rings.